The molecule has 2 N–H and O–H groups in total. The van der Waals surface area contributed by atoms with Crippen molar-refractivity contribution in [3.8, 4) is 0 Å². The van der Waals surface area contributed by atoms with E-state index in [0.29, 0.717) is 6.61 Å². The minimum Gasteiger partial charge on any atom is -0.459 e. The summed E-state index contributed by atoms with van der Waals surface area (Å²) in [6, 6.07) is 3.79. The van der Waals surface area contributed by atoms with E-state index in [9.17, 15) is 13.2 Å². The molecule has 8 heteroatoms. The fourth-order valence-electron chi connectivity index (χ4n) is 1.88. The number of sulfonamides is 1. The summed E-state index contributed by atoms with van der Waals surface area (Å²) in [5.74, 6) is -0.637. The quantitative estimate of drug-likeness (QED) is 0.844. The lowest BCUT2D eigenvalue weighted by molar-refractivity contribution is 0.0161. The van der Waals surface area contributed by atoms with Crippen LogP contribution in [0.2, 0.25) is 5.02 Å². The van der Waals surface area contributed by atoms with Crippen LogP contribution < -0.4 is 5.14 Å². The SMILES string of the molecule is NS(=O)(=O)c1cc(C(=O)OC[C@H]2CCCO2)ccc1Cl. The van der Waals surface area contributed by atoms with Crippen LogP contribution in [0.15, 0.2) is 23.1 Å². The Kier molecular flexibility index (Phi) is 4.64. The number of ether oxygens (including phenoxy) is 2. The van der Waals surface area contributed by atoms with Crippen molar-refractivity contribution in [2.75, 3.05) is 13.2 Å². The molecule has 0 saturated carbocycles. The third kappa shape index (κ3) is 3.69. The van der Waals surface area contributed by atoms with Crippen molar-refractivity contribution in [2.45, 2.75) is 23.8 Å². The third-order valence-electron chi connectivity index (χ3n) is 2.90. The maximum absolute atomic E-state index is 11.8. The zero-order valence-corrected chi connectivity index (χ0v) is 12.1. The van der Waals surface area contributed by atoms with Crippen LogP contribution >= 0.6 is 11.6 Å². The summed E-state index contributed by atoms with van der Waals surface area (Å²) in [6.07, 6.45) is 1.69. The lowest BCUT2D eigenvalue weighted by atomic mass is 10.2. The summed E-state index contributed by atoms with van der Waals surface area (Å²) in [6.45, 7) is 0.810. The average molecular weight is 320 g/mol. The van der Waals surface area contributed by atoms with Crippen LogP contribution in [-0.4, -0.2) is 33.7 Å². The van der Waals surface area contributed by atoms with E-state index < -0.39 is 16.0 Å². The highest BCUT2D eigenvalue weighted by Gasteiger charge is 2.20. The molecule has 2 rings (SSSR count). The van der Waals surface area contributed by atoms with Gasteiger partial charge in [0.2, 0.25) is 10.0 Å². The van der Waals surface area contributed by atoms with Crippen LogP contribution in [0.1, 0.15) is 23.2 Å². The fraction of sp³-hybridized carbons (Fsp3) is 0.417. The van der Waals surface area contributed by atoms with E-state index in [0.717, 1.165) is 18.9 Å². The molecule has 6 nitrogen and oxygen atoms in total. The first-order valence-corrected chi connectivity index (χ1v) is 7.91. The molecule has 1 aliphatic heterocycles. The maximum Gasteiger partial charge on any atom is 0.338 e. The van der Waals surface area contributed by atoms with E-state index in [1.807, 2.05) is 0 Å². The number of carbonyl (C=O) groups excluding carboxylic acids is 1. The van der Waals surface area contributed by atoms with Gasteiger partial charge < -0.3 is 9.47 Å². The number of hydrogen-bond donors (Lipinski definition) is 1. The second-order valence-corrected chi connectivity index (χ2v) is 6.36. The van der Waals surface area contributed by atoms with E-state index in [2.05, 4.69) is 0 Å². The molecule has 0 unspecified atom stereocenters. The fourth-order valence-corrected chi connectivity index (χ4v) is 2.95. The molecule has 20 heavy (non-hydrogen) atoms. The molecule has 1 aromatic rings. The molecule has 110 valence electrons. The van der Waals surface area contributed by atoms with Crippen LogP contribution in [0.25, 0.3) is 0 Å². The standard InChI is InChI=1S/C12H14ClNO5S/c13-10-4-3-8(6-11(10)20(14,16)17)12(15)19-7-9-2-1-5-18-9/h3-4,6,9H,1-2,5,7H2,(H2,14,16,17)/t9-/m1/s1. The second-order valence-electron chi connectivity index (χ2n) is 4.42. The Morgan fingerprint density at radius 2 is 2.25 bits per heavy atom. The van der Waals surface area contributed by atoms with Crippen LogP contribution in [0.4, 0.5) is 0 Å². The molecule has 1 aromatic carbocycles. The first-order chi connectivity index (χ1) is 9.38. The smallest absolute Gasteiger partial charge is 0.338 e. The first-order valence-electron chi connectivity index (χ1n) is 5.99. The predicted molar refractivity (Wildman–Crippen MR) is 72.1 cm³/mol. The number of primary sulfonamides is 1. The number of benzene rings is 1. The van der Waals surface area contributed by atoms with Crippen molar-refractivity contribution in [3.05, 3.63) is 28.8 Å². The van der Waals surface area contributed by atoms with Gasteiger partial charge in [0.25, 0.3) is 0 Å². The van der Waals surface area contributed by atoms with Crippen molar-refractivity contribution in [2.24, 2.45) is 5.14 Å². The molecule has 0 radical (unpaired) electrons. The largest absolute Gasteiger partial charge is 0.459 e. The molecule has 0 bridgehead atoms. The zero-order valence-electron chi connectivity index (χ0n) is 10.5. The molecule has 1 heterocycles. The highest BCUT2D eigenvalue weighted by Crippen LogP contribution is 2.22. The average Bonchev–Trinajstić information content (AvgIpc) is 2.88. The Labute approximate surface area is 121 Å². The van der Waals surface area contributed by atoms with Crippen LogP contribution in [0.3, 0.4) is 0 Å². The van der Waals surface area contributed by atoms with E-state index in [-0.39, 0.29) is 28.2 Å². The topological polar surface area (TPSA) is 95.7 Å². The first kappa shape index (κ1) is 15.2. The number of carbonyl (C=O) groups is 1. The van der Waals surface area contributed by atoms with Crippen LogP contribution in [0.5, 0.6) is 0 Å². The Morgan fingerprint density at radius 1 is 1.50 bits per heavy atom. The monoisotopic (exact) mass is 319 g/mol. The Morgan fingerprint density at radius 3 is 2.85 bits per heavy atom. The van der Waals surface area contributed by atoms with Gasteiger partial charge in [0.15, 0.2) is 0 Å². The van der Waals surface area contributed by atoms with Gasteiger partial charge in [-0.2, -0.15) is 0 Å². The summed E-state index contributed by atoms with van der Waals surface area (Å²) < 4.78 is 33.0. The molecule has 0 amide bonds. The van der Waals surface area contributed by atoms with Crippen molar-refractivity contribution in [3.63, 3.8) is 0 Å². The molecular weight excluding hydrogens is 306 g/mol. The molecule has 1 fully saturated rings. The minimum atomic E-state index is -3.98. The van der Waals surface area contributed by atoms with E-state index in [1.165, 1.54) is 12.1 Å². The Balaban J connectivity index is 2.10. The van der Waals surface area contributed by atoms with E-state index in [4.69, 9.17) is 26.2 Å². The summed E-state index contributed by atoms with van der Waals surface area (Å²) >= 11 is 5.73. The van der Waals surface area contributed by atoms with Gasteiger partial charge in [0.05, 0.1) is 16.7 Å². The van der Waals surface area contributed by atoms with Gasteiger partial charge in [0.1, 0.15) is 11.5 Å². The van der Waals surface area contributed by atoms with Gasteiger partial charge in [-0.25, -0.2) is 18.4 Å². The van der Waals surface area contributed by atoms with Crippen molar-refractivity contribution in [1.29, 1.82) is 0 Å². The summed E-state index contributed by atoms with van der Waals surface area (Å²) in [7, 11) is -3.98. The molecular formula is C12H14ClNO5S. The molecule has 0 spiro atoms. The van der Waals surface area contributed by atoms with Gasteiger partial charge >= 0.3 is 5.97 Å². The highest BCUT2D eigenvalue weighted by molar-refractivity contribution is 7.89. The minimum absolute atomic E-state index is 0.0387. The number of rotatable bonds is 4. The molecule has 0 aliphatic carbocycles. The molecule has 1 saturated heterocycles. The van der Waals surface area contributed by atoms with Crippen molar-refractivity contribution in [1.82, 2.24) is 0 Å². The zero-order chi connectivity index (χ0) is 14.8. The van der Waals surface area contributed by atoms with Crippen LogP contribution in [0, 0.1) is 0 Å². The molecule has 1 atom stereocenters. The van der Waals surface area contributed by atoms with Gasteiger partial charge in [-0.1, -0.05) is 11.6 Å². The number of hydrogen-bond acceptors (Lipinski definition) is 5. The van der Waals surface area contributed by atoms with E-state index in [1.54, 1.807) is 0 Å². The second kappa shape index (κ2) is 6.09. The molecule has 0 aromatic heterocycles. The number of esters is 1. The number of nitrogens with two attached hydrogens (primary N) is 1. The third-order valence-corrected chi connectivity index (χ3v) is 4.29. The lowest BCUT2D eigenvalue weighted by Crippen LogP contribution is -2.18. The van der Waals surface area contributed by atoms with Crippen molar-refractivity contribution < 1.29 is 22.7 Å². The van der Waals surface area contributed by atoms with Gasteiger partial charge in [-0.3, -0.25) is 0 Å². The predicted octanol–water partition coefficient (Wildman–Crippen LogP) is 1.32. The summed E-state index contributed by atoms with van der Waals surface area (Å²) in [5.41, 5.74) is 0.0800. The Hall–Kier alpha value is -1.15. The Bertz CT molecular complexity index is 610. The van der Waals surface area contributed by atoms with Gasteiger partial charge in [0, 0.05) is 6.61 Å². The maximum atomic E-state index is 11.8. The van der Waals surface area contributed by atoms with E-state index >= 15 is 0 Å². The highest BCUT2D eigenvalue weighted by atomic mass is 35.5. The normalized spacial score (nSPS) is 19.0. The van der Waals surface area contributed by atoms with Crippen molar-refractivity contribution >= 4 is 27.6 Å². The lowest BCUT2D eigenvalue weighted by Gasteiger charge is -2.11. The van der Waals surface area contributed by atoms with Gasteiger partial charge in [-0.15, -0.1) is 0 Å². The molecule has 1 aliphatic rings. The number of halogens is 1. The summed E-state index contributed by atoms with van der Waals surface area (Å²) in [4.78, 5) is 11.5. The van der Waals surface area contributed by atoms with Gasteiger partial charge in [-0.05, 0) is 31.0 Å². The summed E-state index contributed by atoms with van der Waals surface area (Å²) in [5, 5.41) is 4.98. The van der Waals surface area contributed by atoms with Crippen LogP contribution in [-0.2, 0) is 19.5 Å².